The first-order valence-corrected chi connectivity index (χ1v) is 9.74. The van der Waals surface area contributed by atoms with E-state index in [2.05, 4.69) is 25.5 Å². The molecule has 2 aromatic rings. The maximum atomic E-state index is 13.0. The third-order valence-electron chi connectivity index (χ3n) is 5.11. The van der Waals surface area contributed by atoms with Crippen molar-refractivity contribution in [3.63, 3.8) is 0 Å². The van der Waals surface area contributed by atoms with Crippen molar-refractivity contribution in [3.05, 3.63) is 59.5 Å². The number of aromatic nitrogens is 1. The highest BCUT2D eigenvalue weighted by atomic mass is 19.1. The molecule has 1 aromatic heterocycles. The van der Waals surface area contributed by atoms with Gasteiger partial charge in [-0.1, -0.05) is 18.2 Å². The van der Waals surface area contributed by atoms with E-state index in [9.17, 15) is 9.18 Å². The summed E-state index contributed by atoms with van der Waals surface area (Å²) < 4.78 is 13.0. The number of nitrogens with one attached hydrogen (secondary N) is 2. The highest BCUT2D eigenvalue weighted by molar-refractivity contribution is 5.79. The number of nitrogens with two attached hydrogens (primary N) is 1. The summed E-state index contributed by atoms with van der Waals surface area (Å²) in [7, 11) is 1.71. The van der Waals surface area contributed by atoms with Crippen LogP contribution in [0.1, 0.15) is 24.0 Å². The van der Waals surface area contributed by atoms with E-state index in [1.807, 2.05) is 12.1 Å². The minimum Gasteiger partial charge on any atom is -0.369 e. The zero-order chi connectivity index (χ0) is 20.6. The van der Waals surface area contributed by atoms with Gasteiger partial charge in [0.1, 0.15) is 11.6 Å². The van der Waals surface area contributed by atoms with E-state index in [0.29, 0.717) is 19.0 Å². The summed E-state index contributed by atoms with van der Waals surface area (Å²) in [4.78, 5) is 22.4. The predicted octanol–water partition coefficient (Wildman–Crippen LogP) is 1.79. The van der Waals surface area contributed by atoms with Crippen molar-refractivity contribution in [2.45, 2.75) is 25.9 Å². The fourth-order valence-electron chi connectivity index (χ4n) is 3.42. The fourth-order valence-corrected chi connectivity index (χ4v) is 3.42. The summed E-state index contributed by atoms with van der Waals surface area (Å²) in [5, 5.41) is 6.52. The SMILES string of the molecule is CN=C(NCc1ccc(F)cc1)NCc1cccnc1N1CCC(C(N)=O)CC1. The van der Waals surface area contributed by atoms with Crippen molar-refractivity contribution in [1.29, 1.82) is 0 Å². The van der Waals surface area contributed by atoms with Gasteiger partial charge >= 0.3 is 0 Å². The zero-order valence-electron chi connectivity index (χ0n) is 16.6. The normalized spacial score (nSPS) is 15.2. The second-order valence-electron chi connectivity index (χ2n) is 7.06. The van der Waals surface area contributed by atoms with Crippen LogP contribution in [0, 0.1) is 11.7 Å². The lowest BCUT2D eigenvalue weighted by molar-refractivity contribution is -0.122. The molecule has 2 heterocycles. The van der Waals surface area contributed by atoms with E-state index in [4.69, 9.17) is 5.73 Å². The van der Waals surface area contributed by atoms with Gasteiger partial charge in [0, 0.05) is 50.9 Å². The van der Waals surface area contributed by atoms with Crippen molar-refractivity contribution < 1.29 is 9.18 Å². The highest BCUT2D eigenvalue weighted by Crippen LogP contribution is 2.24. The molecule has 1 fully saturated rings. The molecule has 29 heavy (non-hydrogen) atoms. The summed E-state index contributed by atoms with van der Waals surface area (Å²) in [6.45, 7) is 2.62. The van der Waals surface area contributed by atoms with Gasteiger partial charge in [0.15, 0.2) is 5.96 Å². The Kier molecular flexibility index (Phi) is 6.99. The Bertz CT molecular complexity index is 847. The molecule has 0 spiro atoms. The van der Waals surface area contributed by atoms with Crippen LogP contribution in [0.15, 0.2) is 47.6 Å². The van der Waals surface area contributed by atoms with Crippen molar-refractivity contribution in [1.82, 2.24) is 15.6 Å². The summed E-state index contributed by atoms with van der Waals surface area (Å²) in [5.74, 6) is 1.04. The topological polar surface area (TPSA) is 95.6 Å². The number of pyridine rings is 1. The largest absolute Gasteiger partial charge is 0.369 e. The Morgan fingerprint density at radius 2 is 1.90 bits per heavy atom. The summed E-state index contributed by atoms with van der Waals surface area (Å²) in [6, 6.07) is 10.3. The molecular weight excluding hydrogens is 371 g/mol. The van der Waals surface area contributed by atoms with E-state index in [0.717, 1.165) is 42.9 Å². The molecule has 154 valence electrons. The number of primary amides is 1. The van der Waals surface area contributed by atoms with Gasteiger partial charge in [-0.3, -0.25) is 9.79 Å². The molecule has 0 radical (unpaired) electrons. The van der Waals surface area contributed by atoms with Crippen LogP contribution in [0.5, 0.6) is 0 Å². The number of piperidine rings is 1. The number of hydrogen-bond donors (Lipinski definition) is 3. The molecule has 1 amide bonds. The minimum absolute atomic E-state index is 0.0500. The minimum atomic E-state index is -0.250. The molecule has 0 aliphatic carbocycles. The Hall–Kier alpha value is -3.16. The van der Waals surface area contributed by atoms with Crippen LogP contribution in [0.25, 0.3) is 0 Å². The van der Waals surface area contributed by atoms with E-state index in [1.54, 1.807) is 25.4 Å². The molecule has 1 aliphatic heterocycles. The van der Waals surface area contributed by atoms with Crippen molar-refractivity contribution in [2.75, 3.05) is 25.0 Å². The number of nitrogens with zero attached hydrogens (tertiary/aromatic N) is 3. The maximum Gasteiger partial charge on any atom is 0.220 e. The molecule has 0 unspecified atom stereocenters. The monoisotopic (exact) mass is 398 g/mol. The highest BCUT2D eigenvalue weighted by Gasteiger charge is 2.24. The molecule has 1 aliphatic rings. The van der Waals surface area contributed by atoms with Crippen LogP contribution >= 0.6 is 0 Å². The first-order valence-electron chi connectivity index (χ1n) is 9.74. The zero-order valence-corrected chi connectivity index (χ0v) is 16.6. The lowest BCUT2D eigenvalue weighted by Gasteiger charge is -2.32. The maximum absolute atomic E-state index is 13.0. The van der Waals surface area contributed by atoms with Gasteiger partial charge in [0.2, 0.25) is 5.91 Å². The van der Waals surface area contributed by atoms with Crippen LogP contribution in [-0.2, 0) is 17.9 Å². The fraction of sp³-hybridized carbons (Fsp3) is 0.381. The van der Waals surface area contributed by atoms with E-state index in [1.165, 1.54) is 12.1 Å². The number of halogens is 1. The average Bonchev–Trinajstić information content (AvgIpc) is 2.75. The molecule has 7 nitrogen and oxygen atoms in total. The summed E-state index contributed by atoms with van der Waals surface area (Å²) >= 11 is 0. The Labute approximate surface area is 170 Å². The third kappa shape index (κ3) is 5.66. The predicted molar refractivity (Wildman–Crippen MR) is 112 cm³/mol. The van der Waals surface area contributed by atoms with E-state index in [-0.39, 0.29) is 17.6 Å². The molecule has 0 bridgehead atoms. The lowest BCUT2D eigenvalue weighted by atomic mass is 9.96. The summed E-state index contributed by atoms with van der Waals surface area (Å²) in [6.07, 6.45) is 3.28. The van der Waals surface area contributed by atoms with Gasteiger partial charge in [0.05, 0.1) is 0 Å². The molecule has 1 aromatic carbocycles. The van der Waals surface area contributed by atoms with Crippen LogP contribution in [0.4, 0.5) is 10.2 Å². The van der Waals surface area contributed by atoms with Crippen LogP contribution in [-0.4, -0.2) is 37.0 Å². The number of guanidine groups is 1. The molecule has 1 saturated heterocycles. The molecule has 4 N–H and O–H groups in total. The molecular formula is C21H27FN6O. The summed E-state index contributed by atoms with van der Waals surface area (Å²) in [5.41, 5.74) is 7.45. The van der Waals surface area contributed by atoms with E-state index >= 15 is 0 Å². The number of aliphatic imine (C=N–C) groups is 1. The number of rotatable bonds is 6. The van der Waals surface area contributed by atoms with Crippen LogP contribution in [0.3, 0.4) is 0 Å². The third-order valence-corrected chi connectivity index (χ3v) is 5.11. The van der Waals surface area contributed by atoms with Gasteiger partial charge < -0.3 is 21.3 Å². The van der Waals surface area contributed by atoms with Crippen molar-refractivity contribution in [2.24, 2.45) is 16.6 Å². The number of benzene rings is 1. The first kappa shape index (κ1) is 20.6. The van der Waals surface area contributed by atoms with Gasteiger partial charge in [-0.05, 0) is 36.6 Å². The molecule has 3 rings (SSSR count). The second-order valence-corrected chi connectivity index (χ2v) is 7.06. The Balaban J connectivity index is 1.57. The molecule has 8 heteroatoms. The van der Waals surface area contributed by atoms with Crippen molar-refractivity contribution in [3.8, 4) is 0 Å². The molecule has 0 atom stereocenters. The Morgan fingerprint density at radius 3 is 2.55 bits per heavy atom. The van der Waals surface area contributed by atoms with Gasteiger partial charge in [-0.2, -0.15) is 0 Å². The van der Waals surface area contributed by atoms with Crippen LogP contribution < -0.4 is 21.3 Å². The number of carbonyl (C=O) groups excluding carboxylic acids is 1. The second kappa shape index (κ2) is 9.86. The smallest absolute Gasteiger partial charge is 0.220 e. The van der Waals surface area contributed by atoms with E-state index < -0.39 is 0 Å². The van der Waals surface area contributed by atoms with Crippen LogP contribution in [0.2, 0.25) is 0 Å². The number of hydrogen-bond acceptors (Lipinski definition) is 4. The quantitative estimate of drug-likeness (QED) is 0.509. The number of amides is 1. The van der Waals surface area contributed by atoms with Crippen molar-refractivity contribution >= 4 is 17.7 Å². The standard InChI is InChI=1S/C21H27FN6O/c1-24-21(26-13-15-4-6-18(22)7-5-15)27-14-17-3-2-10-25-20(17)28-11-8-16(9-12-28)19(23)29/h2-7,10,16H,8-9,11-14H2,1H3,(H2,23,29)(H2,24,26,27). The Morgan fingerprint density at radius 1 is 1.21 bits per heavy atom. The lowest BCUT2D eigenvalue weighted by Crippen LogP contribution is -2.40. The molecule has 0 saturated carbocycles. The first-order chi connectivity index (χ1) is 14.1. The van der Waals surface area contributed by atoms with Gasteiger partial charge in [0.25, 0.3) is 0 Å². The average molecular weight is 398 g/mol. The number of anilines is 1. The number of carbonyl (C=O) groups is 1. The van der Waals surface area contributed by atoms with Gasteiger partial charge in [-0.15, -0.1) is 0 Å². The van der Waals surface area contributed by atoms with Gasteiger partial charge in [-0.25, -0.2) is 9.37 Å².